The number of unbranched alkanes of at least 4 members (excludes halogenated alkanes) is 1. The van der Waals surface area contributed by atoms with E-state index in [1.807, 2.05) is 20.9 Å². The van der Waals surface area contributed by atoms with Gasteiger partial charge < -0.3 is 5.32 Å². The van der Waals surface area contributed by atoms with E-state index in [1.54, 1.807) is 0 Å². The lowest BCUT2D eigenvalue weighted by Crippen LogP contribution is -2.05. The second-order valence-electron chi connectivity index (χ2n) is 3.54. The van der Waals surface area contributed by atoms with E-state index in [9.17, 15) is 0 Å². The highest BCUT2D eigenvalue weighted by Crippen LogP contribution is 2.14. The fraction of sp³-hybridized carbons (Fsp3) is 0.636. The van der Waals surface area contributed by atoms with E-state index in [2.05, 4.69) is 22.2 Å². The summed E-state index contributed by atoms with van der Waals surface area (Å²) < 4.78 is 0. The Kier molecular flexibility index (Phi) is 3.86. The molecule has 0 saturated heterocycles. The van der Waals surface area contributed by atoms with Crippen molar-refractivity contribution in [2.75, 3.05) is 12.4 Å². The normalized spacial score (nSPS) is 10.3. The molecule has 1 aromatic rings. The van der Waals surface area contributed by atoms with Crippen LogP contribution in [0.4, 0.5) is 5.82 Å². The van der Waals surface area contributed by atoms with Crippen molar-refractivity contribution in [1.82, 2.24) is 9.97 Å². The summed E-state index contributed by atoms with van der Waals surface area (Å²) in [4.78, 5) is 9.03. The molecule has 0 radical (unpaired) electrons. The molecule has 78 valence electrons. The van der Waals surface area contributed by atoms with Crippen LogP contribution < -0.4 is 5.32 Å². The smallest absolute Gasteiger partial charge is 0.147 e. The molecule has 1 aromatic heterocycles. The minimum atomic E-state index is 0.932. The Hall–Kier alpha value is -1.12. The predicted molar refractivity (Wildman–Crippen MR) is 59.7 cm³/mol. The first-order valence-electron chi connectivity index (χ1n) is 5.21. The fourth-order valence-electron chi connectivity index (χ4n) is 1.37. The first-order chi connectivity index (χ1) is 6.69. The standard InChI is InChI=1S/C11H19N3/c1-5-6-7-10-11(12-4)14-9(3)8(2)13-10/h5-7H2,1-4H3,(H,12,14). The lowest BCUT2D eigenvalue weighted by molar-refractivity contribution is 0.767. The highest BCUT2D eigenvalue weighted by molar-refractivity contribution is 5.41. The first-order valence-corrected chi connectivity index (χ1v) is 5.21. The van der Waals surface area contributed by atoms with Crippen LogP contribution in [0.5, 0.6) is 0 Å². The largest absolute Gasteiger partial charge is 0.372 e. The number of aryl methyl sites for hydroxylation is 3. The maximum atomic E-state index is 4.56. The molecule has 1 heterocycles. The fourth-order valence-corrected chi connectivity index (χ4v) is 1.37. The van der Waals surface area contributed by atoms with E-state index < -0.39 is 0 Å². The molecule has 0 aromatic carbocycles. The summed E-state index contributed by atoms with van der Waals surface area (Å²) in [6, 6.07) is 0. The van der Waals surface area contributed by atoms with Gasteiger partial charge in [-0.25, -0.2) is 4.98 Å². The minimum Gasteiger partial charge on any atom is -0.372 e. The molecule has 0 amide bonds. The molecule has 0 aliphatic rings. The Morgan fingerprint density at radius 3 is 2.36 bits per heavy atom. The van der Waals surface area contributed by atoms with Gasteiger partial charge in [-0.1, -0.05) is 13.3 Å². The molecule has 14 heavy (non-hydrogen) atoms. The summed E-state index contributed by atoms with van der Waals surface area (Å²) >= 11 is 0. The molecule has 0 aliphatic heterocycles. The van der Waals surface area contributed by atoms with Gasteiger partial charge in [0.15, 0.2) is 0 Å². The van der Waals surface area contributed by atoms with Crippen LogP contribution in [-0.2, 0) is 6.42 Å². The van der Waals surface area contributed by atoms with E-state index in [4.69, 9.17) is 0 Å². The predicted octanol–water partition coefficient (Wildman–Crippen LogP) is 2.48. The van der Waals surface area contributed by atoms with Gasteiger partial charge in [-0.05, 0) is 26.7 Å². The van der Waals surface area contributed by atoms with Crippen LogP contribution >= 0.6 is 0 Å². The van der Waals surface area contributed by atoms with Crippen molar-refractivity contribution in [3.63, 3.8) is 0 Å². The van der Waals surface area contributed by atoms with Crippen LogP contribution in [0.1, 0.15) is 36.8 Å². The van der Waals surface area contributed by atoms with E-state index in [0.29, 0.717) is 0 Å². The van der Waals surface area contributed by atoms with Gasteiger partial charge in [-0.2, -0.15) is 0 Å². The van der Waals surface area contributed by atoms with Crippen LogP contribution in [0.25, 0.3) is 0 Å². The molecule has 0 unspecified atom stereocenters. The Morgan fingerprint density at radius 2 is 1.79 bits per heavy atom. The van der Waals surface area contributed by atoms with Crippen LogP contribution in [-0.4, -0.2) is 17.0 Å². The number of hydrogen-bond acceptors (Lipinski definition) is 3. The molecule has 3 heteroatoms. The number of nitrogens with one attached hydrogen (secondary N) is 1. The van der Waals surface area contributed by atoms with Gasteiger partial charge >= 0.3 is 0 Å². The topological polar surface area (TPSA) is 37.8 Å². The Labute approximate surface area is 86.0 Å². The minimum absolute atomic E-state index is 0.932. The molecule has 0 aliphatic carbocycles. The molecule has 0 saturated carbocycles. The zero-order chi connectivity index (χ0) is 10.6. The van der Waals surface area contributed by atoms with Crippen molar-refractivity contribution in [2.45, 2.75) is 40.0 Å². The molecule has 0 bridgehead atoms. The number of hydrogen-bond donors (Lipinski definition) is 1. The van der Waals surface area contributed by atoms with Gasteiger partial charge in [-0.15, -0.1) is 0 Å². The first kappa shape index (κ1) is 11.0. The van der Waals surface area contributed by atoms with Gasteiger partial charge in [0.1, 0.15) is 5.82 Å². The summed E-state index contributed by atoms with van der Waals surface area (Å²) in [6.07, 6.45) is 3.38. The lowest BCUT2D eigenvalue weighted by atomic mass is 10.2. The van der Waals surface area contributed by atoms with Crippen molar-refractivity contribution < 1.29 is 0 Å². The molecular formula is C11H19N3. The number of anilines is 1. The Bertz CT molecular complexity index is 308. The number of rotatable bonds is 4. The third-order valence-electron chi connectivity index (χ3n) is 2.38. The van der Waals surface area contributed by atoms with E-state index in [0.717, 1.165) is 29.3 Å². The van der Waals surface area contributed by atoms with E-state index in [-0.39, 0.29) is 0 Å². The highest BCUT2D eigenvalue weighted by atomic mass is 15.0. The monoisotopic (exact) mass is 193 g/mol. The van der Waals surface area contributed by atoms with Gasteiger partial charge in [0.05, 0.1) is 17.1 Å². The van der Waals surface area contributed by atoms with Crippen LogP contribution in [0.15, 0.2) is 0 Å². The van der Waals surface area contributed by atoms with Crippen molar-refractivity contribution in [3.05, 3.63) is 17.1 Å². The quantitative estimate of drug-likeness (QED) is 0.798. The van der Waals surface area contributed by atoms with Gasteiger partial charge in [0.2, 0.25) is 0 Å². The Balaban J connectivity index is 2.95. The molecule has 0 spiro atoms. The second kappa shape index (κ2) is 4.94. The van der Waals surface area contributed by atoms with Crippen molar-refractivity contribution in [1.29, 1.82) is 0 Å². The summed E-state index contributed by atoms with van der Waals surface area (Å²) in [7, 11) is 1.90. The molecule has 1 rings (SSSR count). The van der Waals surface area contributed by atoms with Crippen molar-refractivity contribution in [3.8, 4) is 0 Å². The van der Waals surface area contributed by atoms with Crippen LogP contribution in [0.3, 0.4) is 0 Å². The van der Waals surface area contributed by atoms with Crippen molar-refractivity contribution >= 4 is 5.82 Å². The SMILES string of the molecule is CCCCc1nc(C)c(C)nc1NC. The maximum absolute atomic E-state index is 4.56. The number of nitrogens with zero attached hydrogens (tertiary/aromatic N) is 2. The van der Waals surface area contributed by atoms with Crippen LogP contribution in [0, 0.1) is 13.8 Å². The molecule has 3 nitrogen and oxygen atoms in total. The summed E-state index contributed by atoms with van der Waals surface area (Å²) in [5.74, 6) is 0.932. The van der Waals surface area contributed by atoms with Crippen LogP contribution in [0.2, 0.25) is 0 Å². The summed E-state index contributed by atoms with van der Waals surface area (Å²) in [5.41, 5.74) is 3.14. The Morgan fingerprint density at radius 1 is 1.14 bits per heavy atom. The summed E-state index contributed by atoms with van der Waals surface area (Å²) in [5, 5.41) is 3.10. The maximum Gasteiger partial charge on any atom is 0.147 e. The van der Waals surface area contributed by atoms with Gasteiger partial charge in [-0.3, -0.25) is 4.98 Å². The van der Waals surface area contributed by atoms with Crippen molar-refractivity contribution in [2.24, 2.45) is 0 Å². The van der Waals surface area contributed by atoms with Gasteiger partial charge in [0, 0.05) is 7.05 Å². The third-order valence-corrected chi connectivity index (χ3v) is 2.38. The zero-order valence-corrected chi connectivity index (χ0v) is 9.52. The second-order valence-corrected chi connectivity index (χ2v) is 3.54. The lowest BCUT2D eigenvalue weighted by Gasteiger charge is -2.09. The average Bonchev–Trinajstić information content (AvgIpc) is 2.19. The van der Waals surface area contributed by atoms with Gasteiger partial charge in [0.25, 0.3) is 0 Å². The third kappa shape index (κ3) is 2.44. The number of aromatic nitrogens is 2. The van der Waals surface area contributed by atoms with E-state index >= 15 is 0 Å². The molecule has 0 fully saturated rings. The summed E-state index contributed by atoms with van der Waals surface area (Å²) in [6.45, 7) is 6.19. The highest BCUT2D eigenvalue weighted by Gasteiger charge is 2.06. The molecular weight excluding hydrogens is 174 g/mol. The zero-order valence-electron chi connectivity index (χ0n) is 9.52. The van der Waals surface area contributed by atoms with E-state index in [1.165, 1.54) is 12.8 Å². The molecule has 1 N–H and O–H groups in total. The molecule has 0 atom stereocenters. The average molecular weight is 193 g/mol.